The van der Waals surface area contributed by atoms with Crippen LogP contribution < -0.4 is 5.32 Å². The van der Waals surface area contributed by atoms with Crippen molar-refractivity contribution in [2.45, 2.75) is 32.0 Å². The fourth-order valence-electron chi connectivity index (χ4n) is 1.97. The first kappa shape index (κ1) is 16.2. The van der Waals surface area contributed by atoms with Crippen molar-refractivity contribution in [2.75, 3.05) is 6.54 Å². The number of halogens is 2. The van der Waals surface area contributed by atoms with Crippen molar-refractivity contribution in [1.82, 2.24) is 20.1 Å². The molecule has 0 spiro atoms. The van der Waals surface area contributed by atoms with Crippen LogP contribution in [0.25, 0.3) is 0 Å². The zero-order valence-corrected chi connectivity index (χ0v) is 13.2. The molecule has 0 radical (unpaired) electrons. The number of rotatable bonds is 7. The third-order valence-electron chi connectivity index (χ3n) is 3.24. The van der Waals surface area contributed by atoms with E-state index in [1.807, 2.05) is 0 Å². The molecule has 2 rings (SSSR count). The second kappa shape index (κ2) is 7.75. The third-order valence-corrected chi connectivity index (χ3v) is 3.80. The number of aliphatic hydroxyl groups is 1. The average molecular weight is 329 g/mol. The van der Waals surface area contributed by atoms with E-state index in [2.05, 4.69) is 22.3 Å². The Labute approximate surface area is 133 Å². The van der Waals surface area contributed by atoms with Gasteiger partial charge in [-0.15, -0.1) is 0 Å². The Bertz CT molecular complexity index is 562. The molecule has 114 valence electrons. The monoisotopic (exact) mass is 328 g/mol. The second-order valence-corrected chi connectivity index (χ2v) is 5.78. The van der Waals surface area contributed by atoms with Gasteiger partial charge in [-0.3, -0.25) is 4.68 Å². The Balaban J connectivity index is 1.78. The molecule has 21 heavy (non-hydrogen) atoms. The van der Waals surface area contributed by atoms with Crippen molar-refractivity contribution in [2.24, 2.45) is 0 Å². The summed E-state index contributed by atoms with van der Waals surface area (Å²) < 4.78 is 1.78. The number of aromatic nitrogens is 3. The van der Waals surface area contributed by atoms with Crippen LogP contribution in [-0.2, 0) is 6.54 Å². The van der Waals surface area contributed by atoms with Gasteiger partial charge in [0, 0.05) is 34.7 Å². The lowest BCUT2D eigenvalue weighted by Crippen LogP contribution is -2.31. The van der Waals surface area contributed by atoms with Crippen molar-refractivity contribution in [3.8, 4) is 0 Å². The van der Waals surface area contributed by atoms with E-state index in [0.29, 0.717) is 22.2 Å². The zero-order chi connectivity index (χ0) is 15.2. The summed E-state index contributed by atoms with van der Waals surface area (Å²) in [5.41, 5.74) is 0.678. The van der Waals surface area contributed by atoms with Gasteiger partial charge in [0.2, 0.25) is 0 Å². The number of benzene rings is 1. The molecule has 0 bridgehead atoms. The van der Waals surface area contributed by atoms with E-state index in [1.165, 1.54) is 6.33 Å². The van der Waals surface area contributed by atoms with Crippen LogP contribution in [0.2, 0.25) is 10.0 Å². The third kappa shape index (κ3) is 4.97. The van der Waals surface area contributed by atoms with Crippen LogP contribution in [0.15, 0.2) is 30.9 Å². The number of nitrogens with zero attached hydrogens (tertiary/aromatic N) is 3. The minimum Gasteiger partial charge on any atom is -0.387 e. The molecule has 1 heterocycles. The number of hydrogen-bond donors (Lipinski definition) is 2. The highest BCUT2D eigenvalue weighted by molar-refractivity contribution is 6.35. The molecule has 0 saturated carbocycles. The molecular weight excluding hydrogens is 311 g/mol. The Kier molecular flexibility index (Phi) is 5.99. The van der Waals surface area contributed by atoms with E-state index in [1.54, 1.807) is 29.2 Å². The summed E-state index contributed by atoms with van der Waals surface area (Å²) in [5.74, 6) is 0. The lowest BCUT2D eigenvalue weighted by Gasteiger charge is -2.18. The molecule has 2 unspecified atom stereocenters. The van der Waals surface area contributed by atoms with Crippen molar-refractivity contribution >= 4 is 23.2 Å². The normalized spacial score (nSPS) is 14.1. The van der Waals surface area contributed by atoms with Gasteiger partial charge in [-0.25, -0.2) is 4.98 Å². The lowest BCUT2D eigenvalue weighted by molar-refractivity contribution is 0.169. The summed E-state index contributed by atoms with van der Waals surface area (Å²) in [6, 6.07) is 5.35. The molecular formula is C14H18Cl2N4O. The van der Waals surface area contributed by atoms with E-state index in [4.69, 9.17) is 23.2 Å². The van der Waals surface area contributed by atoms with Crippen LogP contribution in [0.3, 0.4) is 0 Å². The predicted molar refractivity (Wildman–Crippen MR) is 83.5 cm³/mol. The molecule has 0 fully saturated rings. The first-order valence-corrected chi connectivity index (χ1v) is 7.50. The van der Waals surface area contributed by atoms with Crippen LogP contribution in [0.5, 0.6) is 0 Å². The summed E-state index contributed by atoms with van der Waals surface area (Å²) in [7, 11) is 0. The maximum atomic E-state index is 10.2. The van der Waals surface area contributed by atoms with Crippen molar-refractivity contribution in [1.29, 1.82) is 0 Å². The van der Waals surface area contributed by atoms with Gasteiger partial charge in [0.25, 0.3) is 0 Å². The molecule has 2 aromatic rings. The Morgan fingerprint density at radius 1 is 1.38 bits per heavy atom. The average Bonchev–Trinajstić information content (AvgIpc) is 2.95. The van der Waals surface area contributed by atoms with Crippen LogP contribution >= 0.6 is 23.2 Å². The highest BCUT2D eigenvalue weighted by atomic mass is 35.5. The summed E-state index contributed by atoms with van der Waals surface area (Å²) in [6.45, 7) is 3.28. The zero-order valence-electron chi connectivity index (χ0n) is 11.7. The van der Waals surface area contributed by atoms with Crippen molar-refractivity contribution in [3.05, 3.63) is 46.5 Å². The number of aryl methyl sites for hydroxylation is 1. The summed E-state index contributed by atoms with van der Waals surface area (Å²) in [5, 5.41) is 18.5. The highest BCUT2D eigenvalue weighted by Gasteiger charge is 2.13. The number of hydrogen-bond acceptors (Lipinski definition) is 4. The van der Waals surface area contributed by atoms with Crippen molar-refractivity contribution < 1.29 is 5.11 Å². The van der Waals surface area contributed by atoms with Crippen LogP contribution in [0.1, 0.15) is 25.0 Å². The molecule has 1 aromatic heterocycles. The minimum absolute atomic E-state index is 0.245. The smallest absolute Gasteiger partial charge is 0.137 e. The lowest BCUT2D eigenvalue weighted by atomic mass is 10.1. The van der Waals surface area contributed by atoms with E-state index in [0.717, 1.165) is 13.0 Å². The van der Waals surface area contributed by atoms with Crippen LogP contribution in [-0.4, -0.2) is 32.5 Å². The van der Waals surface area contributed by atoms with E-state index < -0.39 is 6.10 Å². The van der Waals surface area contributed by atoms with Gasteiger partial charge >= 0.3 is 0 Å². The second-order valence-electron chi connectivity index (χ2n) is 4.94. The predicted octanol–water partition coefficient (Wildman–Crippen LogP) is 2.69. The largest absolute Gasteiger partial charge is 0.387 e. The maximum absolute atomic E-state index is 10.2. The van der Waals surface area contributed by atoms with Gasteiger partial charge in [-0.1, -0.05) is 29.3 Å². The Hall–Kier alpha value is -1.14. The van der Waals surface area contributed by atoms with Gasteiger partial charge in [0.15, 0.2) is 0 Å². The first-order chi connectivity index (χ1) is 10.1. The summed E-state index contributed by atoms with van der Waals surface area (Å²) >= 11 is 11.9. The maximum Gasteiger partial charge on any atom is 0.137 e. The van der Waals surface area contributed by atoms with Gasteiger partial charge in [0.1, 0.15) is 12.7 Å². The molecule has 0 aliphatic carbocycles. The number of aliphatic hydroxyl groups excluding tert-OH is 1. The van der Waals surface area contributed by atoms with E-state index in [9.17, 15) is 5.11 Å². The molecule has 0 amide bonds. The van der Waals surface area contributed by atoms with Crippen molar-refractivity contribution in [3.63, 3.8) is 0 Å². The number of nitrogens with one attached hydrogen (secondary N) is 1. The van der Waals surface area contributed by atoms with Crippen LogP contribution in [0, 0.1) is 0 Å². The van der Waals surface area contributed by atoms with Gasteiger partial charge in [-0.2, -0.15) is 5.10 Å². The fraction of sp³-hybridized carbons (Fsp3) is 0.429. The van der Waals surface area contributed by atoms with Gasteiger partial charge in [-0.05, 0) is 25.5 Å². The Morgan fingerprint density at radius 2 is 2.19 bits per heavy atom. The molecule has 5 nitrogen and oxygen atoms in total. The molecule has 0 aliphatic rings. The van der Waals surface area contributed by atoms with E-state index in [-0.39, 0.29) is 6.04 Å². The summed E-state index contributed by atoms with van der Waals surface area (Å²) in [6.07, 6.45) is 3.44. The fourth-order valence-corrected chi connectivity index (χ4v) is 2.51. The molecule has 1 aromatic carbocycles. The topological polar surface area (TPSA) is 63.0 Å². The van der Waals surface area contributed by atoms with E-state index >= 15 is 0 Å². The highest BCUT2D eigenvalue weighted by Crippen LogP contribution is 2.25. The molecule has 0 aliphatic heterocycles. The molecule has 2 atom stereocenters. The standard InChI is InChI=1S/C14H18Cl2N4O/c1-10(4-5-20-9-17-8-19-20)18-7-14(21)12-3-2-11(15)6-13(12)16/h2-3,6,8-10,14,18,21H,4-5,7H2,1H3. The molecule has 7 heteroatoms. The SMILES string of the molecule is CC(CCn1cncn1)NCC(O)c1ccc(Cl)cc1Cl. The molecule has 0 saturated heterocycles. The minimum atomic E-state index is -0.663. The van der Waals surface area contributed by atoms with Gasteiger partial charge < -0.3 is 10.4 Å². The Morgan fingerprint density at radius 3 is 2.86 bits per heavy atom. The summed E-state index contributed by atoms with van der Waals surface area (Å²) in [4.78, 5) is 3.90. The first-order valence-electron chi connectivity index (χ1n) is 6.75. The molecule has 2 N–H and O–H groups in total. The quantitative estimate of drug-likeness (QED) is 0.820. The van der Waals surface area contributed by atoms with Crippen LogP contribution in [0.4, 0.5) is 0 Å². The van der Waals surface area contributed by atoms with Gasteiger partial charge in [0.05, 0.1) is 6.10 Å².